The number of methoxy groups -OCH3 is 1. The van der Waals surface area contributed by atoms with Crippen LogP contribution in [0, 0.1) is 6.92 Å². The average Bonchev–Trinajstić information content (AvgIpc) is 3.06. The first-order valence-corrected chi connectivity index (χ1v) is 11.1. The van der Waals surface area contributed by atoms with Crippen LogP contribution in [0.5, 0.6) is 5.75 Å². The van der Waals surface area contributed by atoms with E-state index in [1.165, 1.54) is 19.2 Å². The van der Waals surface area contributed by atoms with Gasteiger partial charge in [-0.2, -0.15) is 18.3 Å². The van der Waals surface area contributed by atoms with Crippen molar-refractivity contribution in [3.05, 3.63) is 35.9 Å². The number of aryl methyl sites for hydroxylation is 1. The molecule has 1 heterocycles. The molecule has 1 saturated carbocycles. The number of hydrogen-bond acceptors (Lipinski definition) is 6. The smallest absolute Gasteiger partial charge is 0.417 e. The van der Waals surface area contributed by atoms with Crippen molar-refractivity contribution in [1.82, 2.24) is 14.9 Å². The predicted molar refractivity (Wildman–Crippen MR) is 112 cm³/mol. The highest BCUT2D eigenvalue weighted by atomic mass is 32.2. The third-order valence-electron chi connectivity index (χ3n) is 5.73. The van der Waals surface area contributed by atoms with Crippen molar-refractivity contribution >= 4 is 26.7 Å². The van der Waals surface area contributed by atoms with E-state index < -0.39 is 40.7 Å². The van der Waals surface area contributed by atoms with E-state index in [-0.39, 0.29) is 10.7 Å². The number of sulfonamides is 1. The zero-order valence-electron chi connectivity index (χ0n) is 17.1. The summed E-state index contributed by atoms with van der Waals surface area (Å²) in [6.45, 7) is 1.71. The van der Waals surface area contributed by atoms with Crippen LogP contribution in [0.3, 0.4) is 0 Å². The number of nitrogens with one attached hydrogen (secondary N) is 2. The molecule has 1 fully saturated rings. The number of aromatic amines is 1. The predicted octanol–water partition coefficient (Wildman–Crippen LogP) is 2.86. The van der Waals surface area contributed by atoms with Crippen LogP contribution in [0.25, 0.3) is 22.0 Å². The molecule has 4 rings (SSSR count). The van der Waals surface area contributed by atoms with Gasteiger partial charge >= 0.3 is 6.18 Å². The minimum atomic E-state index is -4.80. The maximum atomic E-state index is 12.8. The van der Waals surface area contributed by atoms with Crippen LogP contribution < -0.4 is 15.2 Å². The summed E-state index contributed by atoms with van der Waals surface area (Å²) in [4.78, 5) is -0.0935. The molecular formula is C20H21F3N4O4S. The Morgan fingerprint density at radius 2 is 1.91 bits per heavy atom. The summed E-state index contributed by atoms with van der Waals surface area (Å²) in [6, 6.07) is 6.95. The molecule has 0 unspecified atom stereocenters. The molecule has 0 spiro atoms. The fourth-order valence-corrected chi connectivity index (χ4v) is 5.31. The van der Waals surface area contributed by atoms with Gasteiger partial charge in [0.25, 0.3) is 0 Å². The molecule has 3 aromatic rings. The zero-order chi connectivity index (χ0) is 23.5. The molecule has 0 radical (unpaired) electrons. The van der Waals surface area contributed by atoms with Crippen LogP contribution in [-0.4, -0.2) is 48.7 Å². The molecule has 5 N–H and O–H groups in total. The van der Waals surface area contributed by atoms with E-state index in [0.29, 0.717) is 33.3 Å². The number of aliphatic hydroxyl groups is 1. The second kappa shape index (κ2) is 7.36. The molecule has 1 aliphatic carbocycles. The fraction of sp³-hybridized carbons (Fsp3) is 0.350. The highest BCUT2D eigenvalue weighted by Crippen LogP contribution is 2.45. The minimum absolute atomic E-state index is 0.0935. The number of rotatable bonds is 5. The molecule has 32 heavy (non-hydrogen) atoms. The lowest BCUT2D eigenvalue weighted by molar-refractivity contribution is -0.290. The van der Waals surface area contributed by atoms with E-state index in [2.05, 4.69) is 14.9 Å². The molecule has 0 amide bonds. The topological polar surface area (TPSA) is 130 Å². The lowest BCUT2D eigenvalue weighted by Gasteiger charge is -2.44. The number of hydrogen-bond donors (Lipinski definition) is 4. The first-order chi connectivity index (χ1) is 14.9. The minimum Gasteiger partial charge on any atom is -0.495 e. The number of ether oxygens (including phenoxy) is 1. The number of nitrogens with two attached hydrogens (primary N) is 1. The number of alkyl halides is 3. The standard InChI is InChI=1S/C20H21F3N4O4S/c1-10-7-12(32(29,30)27-11-8-19(28,9-11)20(21,22)23)3-4-13(10)14-5-6-15-16(17(14)31-2)18(24)26-25-15/h3-7,11,27-28H,8-9H2,1-2H3,(H3,24,25,26)/t11-,19+. The van der Waals surface area contributed by atoms with Crippen LogP contribution in [0.2, 0.25) is 0 Å². The van der Waals surface area contributed by atoms with E-state index in [4.69, 9.17) is 10.5 Å². The summed E-state index contributed by atoms with van der Waals surface area (Å²) < 4.78 is 71.5. The van der Waals surface area contributed by atoms with Crippen LogP contribution in [0.4, 0.5) is 19.0 Å². The van der Waals surface area contributed by atoms with Gasteiger partial charge in [-0.3, -0.25) is 5.10 Å². The second-order valence-electron chi connectivity index (χ2n) is 7.91. The van der Waals surface area contributed by atoms with Gasteiger partial charge in [0.15, 0.2) is 11.4 Å². The van der Waals surface area contributed by atoms with Gasteiger partial charge < -0.3 is 15.6 Å². The number of benzene rings is 2. The van der Waals surface area contributed by atoms with E-state index in [9.17, 15) is 26.7 Å². The van der Waals surface area contributed by atoms with Gasteiger partial charge in [-0.1, -0.05) is 6.07 Å². The number of aromatic nitrogens is 2. The number of anilines is 1. The Labute approximate surface area is 181 Å². The Morgan fingerprint density at radius 3 is 2.50 bits per heavy atom. The first-order valence-electron chi connectivity index (χ1n) is 9.59. The summed E-state index contributed by atoms with van der Waals surface area (Å²) in [5, 5.41) is 16.9. The number of nitrogens with zero attached hydrogens (tertiary/aromatic N) is 1. The van der Waals surface area contributed by atoms with E-state index >= 15 is 0 Å². The number of nitrogen functional groups attached to an aromatic ring is 1. The highest BCUT2D eigenvalue weighted by molar-refractivity contribution is 7.89. The molecule has 0 aliphatic heterocycles. The van der Waals surface area contributed by atoms with Gasteiger partial charge in [-0.05, 0) is 42.3 Å². The van der Waals surface area contributed by atoms with Crippen molar-refractivity contribution in [2.45, 2.75) is 42.5 Å². The van der Waals surface area contributed by atoms with Gasteiger partial charge in [-0.15, -0.1) is 0 Å². The Balaban J connectivity index is 1.62. The molecule has 0 bridgehead atoms. The van der Waals surface area contributed by atoms with Crippen molar-refractivity contribution in [2.75, 3.05) is 12.8 Å². The molecule has 12 heteroatoms. The van der Waals surface area contributed by atoms with E-state index in [0.717, 1.165) is 0 Å². The zero-order valence-corrected chi connectivity index (χ0v) is 17.9. The fourth-order valence-electron chi connectivity index (χ4n) is 3.99. The summed E-state index contributed by atoms with van der Waals surface area (Å²) in [5.74, 6) is 0.741. The lowest BCUT2D eigenvalue weighted by atomic mass is 9.76. The maximum absolute atomic E-state index is 12.8. The molecule has 0 saturated heterocycles. The third kappa shape index (κ3) is 3.57. The molecular weight excluding hydrogens is 449 g/mol. The van der Waals surface area contributed by atoms with Crippen molar-refractivity contribution < 1.29 is 31.4 Å². The first kappa shape index (κ1) is 22.4. The van der Waals surface area contributed by atoms with E-state index in [1.807, 2.05) is 0 Å². The van der Waals surface area contributed by atoms with Crippen LogP contribution >= 0.6 is 0 Å². The molecule has 1 aliphatic rings. The number of H-pyrrole nitrogens is 1. The van der Waals surface area contributed by atoms with Gasteiger partial charge in [-0.25, -0.2) is 13.1 Å². The van der Waals surface area contributed by atoms with Gasteiger partial charge in [0.2, 0.25) is 10.0 Å². The van der Waals surface area contributed by atoms with Crippen LogP contribution in [0.1, 0.15) is 18.4 Å². The molecule has 1 aromatic heterocycles. The third-order valence-corrected chi connectivity index (χ3v) is 7.25. The normalized spacial score (nSPS) is 21.5. The van der Waals surface area contributed by atoms with Gasteiger partial charge in [0.1, 0.15) is 5.75 Å². The molecule has 2 aromatic carbocycles. The average molecular weight is 470 g/mol. The van der Waals surface area contributed by atoms with Gasteiger partial charge in [0.05, 0.1) is 22.9 Å². The largest absolute Gasteiger partial charge is 0.495 e. The summed E-state index contributed by atoms with van der Waals surface area (Å²) in [5.41, 5.74) is 5.73. The van der Waals surface area contributed by atoms with Crippen LogP contribution in [-0.2, 0) is 10.0 Å². The Kier molecular flexibility index (Phi) is 5.14. The maximum Gasteiger partial charge on any atom is 0.417 e. The monoisotopic (exact) mass is 470 g/mol. The SMILES string of the molecule is COc1c(-c2ccc(S(=O)(=O)N[C@H]3C[C@](O)(C(F)(F)F)C3)cc2C)ccc2[nH]nc(N)c12. The summed E-state index contributed by atoms with van der Waals surface area (Å²) in [6.07, 6.45) is -6.25. The Hall–Kier alpha value is -2.83. The van der Waals surface area contributed by atoms with Gasteiger partial charge in [0, 0.05) is 24.4 Å². The van der Waals surface area contributed by atoms with Crippen molar-refractivity contribution in [2.24, 2.45) is 0 Å². The number of fused-ring (bicyclic) bond motifs is 1. The van der Waals surface area contributed by atoms with Crippen LogP contribution in [0.15, 0.2) is 35.2 Å². The summed E-state index contributed by atoms with van der Waals surface area (Å²) in [7, 11) is -2.59. The summed E-state index contributed by atoms with van der Waals surface area (Å²) >= 11 is 0. The Morgan fingerprint density at radius 1 is 1.25 bits per heavy atom. The highest BCUT2D eigenvalue weighted by Gasteiger charge is 2.61. The van der Waals surface area contributed by atoms with E-state index in [1.54, 1.807) is 25.1 Å². The van der Waals surface area contributed by atoms with Crippen molar-refractivity contribution in [1.29, 1.82) is 0 Å². The molecule has 8 nitrogen and oxygen atoms in total. The molecule has 0 atom stereocenters. The quantitative estimate of drug-likeness (QED) is 0.454. The lowest BCUT2D eigenvalue weighted by Crippen LogP contribution is -2.62. The molecule has 172 valence electrons. The Bertz CT molecular complexity index is 1300. The second-order valence-corrected chi connectivity index (χ2v) is 9.62. The van der Waals surface area contributed by atoms with Crippen molar-refractivity contribution in [3.63, 3.8) is 0 Å². The van der Waals surface area contributed by atoms with Crippen molar-refractivity contribution in [3.8, 4) is 16.9 Å². The number of halogens is 3.